The maximum absolute atomic E-state index is 14.4. The molecular weight excluding hydrogens is 329 g/mol. The maximum atomic E-state index is 14.4. The molecule has 0 aromatic heterocycles. The van der Waals surface area contributed by atoms with Crippen LogP contribution in [0, 0.1) is 5.82 Å². The molecule has 2 aromatic rings. The first-order chi connectivity index (χ1) is 12.0. The van der Waals surface area contributed by atoms with Gasteiger partial charge in [-0.15, -0.1) is 0 Å². The summed E-state index contributed by atoms with van der Waals surface area (Å²) >= 11 is 0. The summed E-state index contributed by atoms with van der Waals surface area (Å²) in [7, 11) is 2.76. The molecule has 4 N–H and O–H groups in total. The second-order valence-corrected chi connectivity index (χ2v) is 5.04. The molecule has 132 valence electrons. The molecule has 0 aliphatic rings. The largest absolute Gasteiger partial charge is 0.493 e. The van der Waals surface area contributed by atoms with Gasteiger partial charge in [-0.2, -0.15) is 5.10 Å². The van der Waals surface area contributed by atoms with E-state index in [2.05, 4.69) is 10.4 Å². The van der Waals surface area contributed by atoms with Crippen LogP contribution in [0.15, 0.2) is 41.5 Å². The van der Waals surface area contributed by atoms with E-state index in [4.69, 9.17) is 15.3 Å². The molecule has 0 saturated carbocycles. The number of hydrogen-bond acceptors (Lipinski definition) is 6. The van der Waals surface area contributed by atoms with E-state index in [9.17, 15) is 14.3 Å². The molecule has 0 aliphatic heterocycles. The van der Waals surface area contributed by atoms with Crippen molar-refractivity contribution in [1.82, 2.24) is 0 Å². The summed E-state index contributed by atoms with van der Waals surface area (Å²) in [6.07, 6.45) is 1.45. The van der Waals surface area contributed by atoms with E-state index < -0.39 is 17.8 Å². The molecule has 2 rings (SSSR count). The summed E-state index contributed by atoms with van der Waals surface area (Å²) < 4.78 is 24.5. The molecule has 0 saturated heterocycles. The summed E-state index contributed by atoms with van der Waals surface area (Å²) in [4.78, 5) is 11.6. The lowest BCUT2D eigenvalue weighted by molar-refractivity contribution is -0.138. The lowest BCUT2D eigenvalue weighted by atomic mass is 10.0. The molecule has 0 radical (unpaired) electrons. The van der Waals surface area contributed by atoms with E-state index in [1.54, 1.807) is 24.3 Å². The van der Waals surface area contributed by atoms with Gasteiger partial charge >= 0.3 is 5.97 Å². The number of carboxylic acids is 1. The maximum Gasteiger partial charge on any atom is 0.330 e. The van der Waals surface area contributed by atoms with Gasteiger partial charge in [0.1, 0.15) is 5.82 Å². The number of ether oxygens (including phenoxy) is 2. The van der Waals surface area contributed by atoms with Crippen LogP contribution in [0.4, 0.5) is 10.1 Å². The third-order valence-electron chi connectivity index (χ3n) is 3.51. The number of aliphatic carboxylic acids is 1. The quantitative estimate of drug-likeness (QED) is 0.403. The molecule has 1 unspecified atom stereocenters. The highest BCUT2D eigenvalue weighted by Gasteiger charge is 2.25. The minimum Gasteiger partial charge on any atom is -0.493 e. The Morgan fingerprint density at radius 1 is 1.24 bits per heavy atom. The Hall–Kier alpha value is -3.29. The van der Waals surface area contributed by atoms with Crippen LogP contribution in [0.5, 0.6) is 11.5 Å². The summed E-state index contributed by atoms with van der Waals surface area (Å²) in [5, 5.41) is 15.7. The van der Waals surface area contributed by atoms with Gasteiger partial charge in [-0.1, -0.05) is 12.1 Å². The van der Waals surface area contributed by atoms with Crippen molar-refractivity contribution in [3.63, 3.8) is 0 Å². The first-order valence-electron chi connectivity index (χ1n) is 7.24. The Morgan fingerprint density at radius 2 is 1.84 bits per heavy atom. The van der Waals surface area contributed by atoms with Crippen LogP contribution in [0.2, 0.25) is 0 Å². The topological polar surface area (TPSA) is 106 Å². The molecule has 0 aliphatic carbocycles. The molecule has 0 bridgehead atoms. The lowest BCUT2D eigenvalue weighted by Crippen LogP contribution is -2.22. The van der Waals surface area contributed by atoms with Crippen molar-refractivity contribution in [2.75, 3.05) is 19.5 Å². The second kappa shape index (κ2) is 8.00. The first kappa shape index (κ1) is 18.1. The molecule has 0 amide bonds. The second-order valence-electron chi connectivity index (χ2n) is 5.04. The zero-order valence-electron chi connectivity index (χ0n) is 13.7. The Kier molecular flexibility index (Phi) is 5.78. The van der Waals surface area contributed by atoms with Crippen molar-refractivity contribution in [3.05, 3.63) is 53.3 Å². The highest BCUT2D eigenvalue weighted by Crippen LogP contribution is 2.33. The predicted octanol–water partition coefficient (Wildman–Crippen LogP) is 2.37. The SMILES string of the molecule is COc1cc(F)c(C(Nc2ccc(C=NN)cc2)C(=O)O)cc1OC. The molecule has 0 heterocycles. The molecule has 0 fully saturated rings. The number of nitrogens with one attached hydrogen (secondary N) is 1. The van der Waals surface area contributed by atoms with E-state index >= 15 is 0 Å². The number of anilines is 1. The lowest BCUT2D eigenvalue weighted by Gasteiger charge is -2.19. The van der Waals surface area contributed by atoms with Crippen molar-refractivity contribution < 1.29 is 23.8 Å². The third kappa shape index (κ3) is 4.17. The Morgan fingerprint density at radius 3 is 2.36 bits per heavy atom. The molecule has 7 nitrogen and oxygen atoms in total. The average molecular weight is 347 g/mol. The summed E-state index contributed by atoms with van der Waals surface area (Å²) in [5.74, 6) is 3.54. The summed E-state index contributed by atoms with van der Waals surface area (Å²) in [6.45, 7) is 0. The van der Waals surface area contributed by atoms with Crippen LogP contribution in [0.1, 0.15) is 17.2 Å². The van der Waals surface area contributed by atoms with E-state index in [1.807, 2.05) is 0 Å². The smallest absolute Gasteiger partial charge is 0.330 e. The molecule has 0 spiro atoms. The number of hydrazone groups is 1. The molecular formula is C17H18FN3O4. The van der Waals surface area contributed by atoms with Crippen molar-refractivity contribution in [2.45, 2.75) is 6.04 Å². The van der Waals surface area contributed by atoms with Crippen LogP contribution in [-0.2, 0) is 4.79 Å². The number of benzene rings is 2. The number of rotatable bonds is 7. The van der Waals surface area contributed by atoms with Crippen LogP contribution >= 0.6 is 0 Å². The average Bonchev–Trinajstić information content (AvgIpc) is 2.61. The van der Waals surface area contributed by atoms with E-state index in [0.717, 1.165) is 11.6 Å². The summed E-state index contributed by atoms with van der Waals surface area (Å²) in [5.41, 5.74) is 1.17. The number of carboxylic acid groups (broad SMARTS) is 1. The predicted molar refractivity (Wildman–Crippen MR) is 91.7 cm³/mol. The van der Waals surface area contributed by atoms with Crippen LogP contribution in [0.25, 0.3) is 0 Å². The van der Waals surface area contributed by atoms with Gasteiger partial charge in [0, 0.05) is 17.3 Å². The highest BCUT2D eigenvalue weighted by molar-refractivity contribution is 5.82. The number of hydrogen-bond donors (Lipinski definition) is 3. The summed E-state index contributed by atoms with van der Waals surface area (Å²) in [6, 6.07) is 7.76. The minimum absolute atomic E-state index is 0.0715. The van der Waals surface area contributed by atoms with Crippen molar-refractivity contribution >= 4 is 17.9 Å². The molecule has 25 heavy (non-hydrogen) atoms. The monoisotopic (exact) mass is 347 g/mol. The Labute approximate surface area is 143 Å². The zero-order valence-corrected chi connectivity index (χ0v) is 13.7. The highest BCUT2D eigenvalue weighted by atomic mass is 19.1. The molecule has 1 atom stereocenters. The number of carbonyl (C=O) groups is 1. The zero-order chi connectivity index (χ0) is 18.4. The van der Waals surface area contributed by atoms with Gasteiger partial charge in [-0.3, -0.25) is 0 Å². The van der Waals surface area contributed by atoms with Gasteiger partial charge in [-0.05, 0) is 23.8 Å². The van der Waals surface area contributed by atoms with Crippen molar-refractivity contribution in [1.29, 1.82) is 0 Å². The van der Waals surface area contributed by atoms with Gasteiger partial charge in [0.2, 0.25) is 0 Å². The van der Waals surface area contributed by atoms with Gasteiger partial charge in [0.15, 0.2) is 17.5 Å². The first-order valence-corrected chi connectivity index (χ1v) is 7.24. The fraction of sp³-hybridized carbons (Fsp3) is 0.176. The fourth-order valence-corrected chi connectivity index (χ4v) is 2.28. The molecule has 2 aromatic carbocycles. The third-order valence-corrected chi connectivity index (χ3v) is 3.51. The van der Waals surface area contributed by atoms with Gasteiger partial charge < -0.3 is 25.7 Å². The number of halogens is 1. The van der Waals surface area contributed by atoms with Gasteiger partial charge in [-0.25, -0.2) is 9.18 Å². The van der Waals surface area contributed by atoms with E-state index in [-0.39, 0.29) is 17.1 Å². The standard InChI is InChI=1S/C17H18FN3O4/c1-24-14-7-12(13(18)8-15(14)25-2)16(17(22)23)21-11-5-3-10(4-6-11)9-20-19/h3-9,16,21H,19H2,1-2H3,(H,22,23). The number of methoxy groups -OCH3 is 2. The molecule has 8 heteroatoms. The number of nitrogens with zero attached hydrogens (tertiary/aromatic N) is 1. The van der Waals surface area contributed by atoms with Crippen LogP contribution in [-0.4, -0.2) is 31.5 Å². The Balaban J connectivity index is 2.36. The van der Waals surface area contributed by atoms with Gasteiger partial charge in [0.25, 0.3) is 0 Å². The van der Waals surface area contributed by atoms with Crippen molar-refractivity contribution in [2.24, 2.45) is 10.9 Å². The van der Waals surface area contributed by atoms with Crippen LogP contribution < -0.4 is 20.6 Å². The minimum atomic E-state index is -1.31. The Bertz CT molecular complexity index is 778. The normalized spacial score (nSPS) is 12.0. The van der Waals surface area contributed by atoms with E-state index in [1.165, 1.54) is 26.5 Å². The number of nitrogens with two attached hydrogens (primary N) is 1. The van der Waals surface area contributed by atoms with Crippen molar-refractivity contribution in [3.8, 4) is 11.5 Å². The van der Waals surface area contributed by atoms with E-state index in [0.29, 0.717) is 5.69 Å². The van der Waals surface area contributed by atoms with Gasteiger partial charge in [0.05, 0.1) is 20.4 Å². The van der Waals surface area contributed by atoms with Crippen LogP contribution in [0.3, 0.4) is 0 Å². The fourth-order valence-electron chi connectivity index (χ4n) is 2.28.